The maximum Gasteiger partial charge on any atom is 0.256 e. The monoisotopic (exact) mass is 372 g/mol. The summed E-state index contributed by atoms with van der Waals surface area (Å²) in [5.74, 6) is 0.578. The van der Waals surface area contributed by atoms with Gasteiger partial charge in [0.1, 0.15) is 5.75 Å². The highest BCUT2D eigenvalue weighted by molar-refractivity contribution is 6.68. The Morgan fingerprint density at radius 1 is 0.846 bits per heavy atom. The molecule has 140 valence electrons. The largest absolute Gasteiger partial charge is 0.493 e. The summed E-state index contributed by atoms with van der Waals surface area (Å²) in [6.07, 6.45) is 10.0. The summed E-state index contributed by atoms with van der Waals surface area (Å²) in [6.45, 7) is 2.86. The van der Waals surface area contributed by atoms with E-state index in [0.29, 0.717) is 17.9 Å². The Labute approximate surface area is 162 Å². The first-order valence-corrected chi connectivity index (χ1v) is 10.1. The Morgan fingerprint density at radius 3 is 2.15 bits per heavy atom. The molecule has 2 nitrogen and oxygen atoms in total. The van der Waals surface area contributed by atoms with Crippen LogP contribution < -0.4 is 4.74 Å². The van der Waals surface area contributed by atoms with Crippen molar-refractivity contribution in [1.29, 1.82) is 0 Å². The van der Waals surface area contributed by atoms with E-state index in [9.17, 15) is 4.79 Å². The fourth-order valence-electron chi connectivity index (χ4n) is 3.13. The van der Waals surface area contributed by atoms with Crippen molar-refractivity contribution < 1.29 is 9.53 Å². The van der Waals surface area contributed by atoms with E-state index in [1.807, 2.05) is 48.5 Å². The third-order valence-electron chi connectivity index (χ3n) is 4.56. The molecule has 2 aromatic rings. The maximum absolute atomic E-state index is 12.0. The lowest BCUT2D eigenvalue weighted by molar-refractivity contribution is 0.107. The summed E-state index contributed by atoms with van der Waals surface area (Å²) in [6, 6.07) is 15.4. The van der Waals surface area contributed by atoms with E-state index >= 15 is 0 Å². The average molecular weight is 373 g/mol. The Balaban J connectivity index is 1.88. The van der Waals surface area contributed by atoms with E-state index in [4.69, 9.17) is 16.3 Å². The molecule has 0 radical (unpaired) electrons. The minimum Gasteiger partial charge on any atom is -0.493 e. The number of carbonyl (C=O) groups is 1. The minimum absolute atomic E-state index is 0.458. The number of halogens is 1. The van der Waals surface area contributed by atoms with Gasteiger partial charge in [-0.3, -0.25) is 4.79 Å². The topological polar surface area (TPSA) is 26.3 Å². The zero-order valence-electron chi connectivity index (χ0n) is 15.7. The number of ether oxygens (including phenoxy) is 1. The van der Waals surface area contributed by atoms with E-state index < -0.39 is 5.24 Å². The molecule has 0 aliphatic heterocycles. The molecule has 0 aliphatic rings. The van der Waals surface area contributed by atoms with Gasteiger partial charge in [0.2, 0.25) is 0 Å². The van der Waals surface area contributed by atoms with Crippen molar-refractivity contribution in [2.75, 3.05) is 6.61 Å². The normalized spacial score (nSPS) is 10.7. The molecule has 2 rings (SSSR count). The molecule has 2 aromatic carbocycles. The molecular formula is C23H29ClO2. The minimum atomic E-state index is -0.477. The first kappa shape index (κ1) is 20.5. The van der Waals surface area contributed by atoms with Crippen LogP contribution in [0.5, 0.6) is 5.75 Å². The molecular weight excluding hydrogens is 344 g/mol. The lowest BCUT2D eigenvalue weighted by Crippen LogP contribution is -2.04. The molecule has 0 fully saturated rings. The Morgan fingerprint density at radius 2 is 1.50 bits per heavy atom. The zero-order chi connectivity index (χ0) is 18.6. The first-order chi connectivity index (χ1) is 12.7. The predicted octanol–water partition coefficient (Wildman–Crippen LogP) is 7.25. The van der Waals surface area contributed by atoms with E-state index in [1.54, 1.807) is 0 Å². The van der Waals surface area contributed by atoms with Gasteiger partial charge in [0, 0.05) is 0 Å². The Kier molecular flexibility index (Phi) is 9.27. The SMILES string of the molecule is CCCCCCCCCCOc1cccc(-c2ccccc2)c1C(=O)Cl. The van der Waals surface area contributed by atoms with Crippen LogP contribution >= 0.6 is 11.6 Å². The summed E-state index contributed by atoms with van der Waals surface area (Å²) in [5, 5.41) is -0.477. The molecule has 0 aliphatic carbocycles. The molecule has 0 heterocycles. The number of rotatable bonds is 12. The van der Waals surface area contributed by atoms with Gasteiger partial charge in [-0.1, -0.05) is 94.3 Å². The van der Waals surface area contributed by atoms with Crippen LogP contribution in [0.3, 0.4) is 0 Å². The van der Waals surface area contributed by atoms with E-state index in [2.05, 4.69) is 6.92 Å². The van der Waals surface area contributed by atoms with Crippen molar-refractivity contribution in [3.8, 4) is 16.9 Å². The number of hydrogen-bond acceptors (Lipinski definition) is 2. The predicted molar refractivity (Wildman–Crippen MR) is 110 cm³/mol. The van der Waals surface area contributed by atoms with Gasteiger partial charge in [-0.05, 0) is 35.2 Å². The van der Waals surface area contributed by atoms with Crippen LogP contribution in [0.15, 0.2) is 48.5 Å². The second-order valence-corrected chi connectivity index (χ2v) is 6.99. The van der Waals surface area contributed by atoms with Crippen LogP contribution in [0.2, 0.25) is 0 Å². The van der Waals surface area contributed by atoms with Gasteiger partial charge in [-0.2, -0.15) is 0 Å². The number of unbranched alkanes of at least 4 members (excludes halogenated alkanes) is 7. The lowest BCUT2D eigenvalue weighted by Gasteiger charge is -2.13. The summed E-state index contributed by atoms with van der Waals surface area (Å²) in [4.78, 5) is 12.0. The van der Waals surface area contributed by atoms with Gasteiger partial charge in [0.25, 0.3) is 5.24 Å². The van der Waals surface area contributed by atoms with Gasteiger partial charge >= 0.3 is 0 Å². The van der Waals surface area contributed by atoms with E-state index in [1.165, 1.54) is 38.5 Å². The summed E-state index contributed by atoms with van der Waals surface area (Å²) >= 11 is 5.87. The van der Waals surface area contributed by atoms with Gasteiger partial charge in [0.05, 0.1) is 12.2 Å². The molecule has 0 unspecified atom stereocenters. The summed E-state index contributed by atoms with van der Waals surface area (Å²) < 4.78 is 5.90. The molecule has 26 heavy (non-hydrogen) atoms. The Bertz CT molecular complexity index is 667. The number of benzene rings is 2. The molecule has 0 N–H and O–H groups in total. The highest BCUT2D eigenvalue weighted by Crippen LogP contribution is 2.32. The fourth-order valence-corrected chi connectivity index (χ4v) is 3.33. The molecule has 0 bridgehead atoms. The second-order valence-electron chi connectivity index (χ2n) is 6.64. The van der Waals surface area contributed by atoms with Crippen molar-refractivity contribution in [2.45, 2.75) is 58.3 Å². The van der Waals surface area contributed by atoms with Gasteiger partial charge in [-0.25, -0.2) is 0 Å². The quantitative estimate of drug-likeness (QED) is 0.289. The van der Waals surface area contributed by atoms with Crippen molar-refractivity contribution in [2.24, 2.45) is 0 Å². The standard InChI is InChI=1S/C23H29ClO2/c1-2-3-4-5-6-7-8-12-18-26-21-17-13-16-20(22(21)23(24)25)19-14-10-9-11-15-19/h9-11,13-17H,2-8,12,18H2,1H3. The van der Waals surface area contributed by atoms with Gasteiger partial charge < -0.3 is 4.74 Å². The lowest BCUT2D eigenvalue weighted by atomic mass is 9.99. The van der Waals surface area contributed by atoms with Crippen molar-refractivity contribution in [3.05, 3.63) is 54.1 Å². The fraction of sp³-hybridized carbons (Fsp3) is 0.435. The second kappa shape index (κ2) is 11.7. The smallest absolute Gasteiger partial charge is 0.256 e. The molecule has 0 saturated heterocycles. The molecule has 3 heteroatoms. The average Bonchev–Trinajstić information content (AvgIpc) is 2.67. The zero-order valence-corrected chi connectivity index (χ0v) is 16.4. The van der Waals surface area contributed by atoms with E-state index in [-0.39, 0.29) is 0 Å². The van der Waals surface area contributed by atoms with Crippen LogP contribution in [0.1, 0.15) is 68.6 Å². The number of carbonyl (C=O) groups excluding carboxylic acids is 1. The van der Waals surface area contributed by atoms with Crippen LogP contribution in [0.4, 0.5) is 0 Å². The van der Waals surface area contributed by atoms with Crippen LogP contribution in [-0.4, -0.2) is 11.8 Å². The highest BCUT2D eigenvalue weighted by atomic mass is 35.5. The third-order valence-corrected chi connectivity index (χ3v) is 4.75. The van der Waals surface area contributed by atoms with Gasteiger partial charge in [0.15, 0.2) is 0 Å². The van der Waals surface area contributed by atoms with Crippen LogP contribution in [0.25, 0.3) is 11.1 Å². The maximum atomic E-state index is 12.0. The van der Waals surface area contributed by atoms with Crippen molar-refractivity contribution in [3.63, 3.8) is 0 Å². The molecule has 0 amide bonds. The molecule has 0 atom stereocenters. The first-order valence-electron chi connectivity index (χ1n) is 9.75. The summed E-state index contributed by atoms with van der Waals surface area (Å²) in [5.41, 5.74) is 2.24. The summed E-state index contributed by atoms with van der Waals surface area (Å²) in [7, 11) is 0. The molecule has 0 aromatic heterocycles. The molecule has 0 saturated carbocycles. The Hall–Kier alpha value is -1.80. The number of hydrogen-bond donors (Lipinski definition) is 0. The highest BCUT2D eigenvalue weighted by Gasteiger charge is 2.16. The van der Waals surface area contributed by atoms with Crippen LogP contribution in [-0.2, 0) is 0 Å². The van der Waals surface area contributed by atoms with Crippen molar-refractivity contribution in [1.82, 2.24) is 0 Å². The molecule has 0 spiro atoms. The van der Waals surface area contributed by atoms with Gasteiger partial charge in [-0.15, -0.1) is 0 Å². The van der Waals surface area contributed by atoms with Crippen molar-refractivity contribution >= 4 is 16.8 Å². The third kappa shape index (κ3) is 6.49. The van der Waals surface area contributed by atoms with E-state index in [0.717, 1.165) is 24.0 Å². The van der Waals surface area contributed by atoms with Crippen LogP contribution in [0, 0.1) is 0 Å².